The topological polar surface area (TPSA) is 64.1 Å². The van der Waals surface area contributed by atoms with Crippen molar-refractivity contribution in [1.29, 1.82) is 0 Å². The van der Waals surface area contributed by atoms with Crippen LogP contribution in [0.4, 0.5) is 0 Å². The lowest BCUT2D eigenvalue weighted by molar-refractivity contribution is 0.0168. The summed E-state index contributed by atoms with van der Waals surface area (Å²) in [5, 5.41) is 6.98. The number of benzene rings is 1. The molecule has 2 N–H and O–H groups in total. The van der Waals surface area contributed by atoms with Crippen LogP contribution in [0.3, 0.4) is 0 Å². The zero-order valence-corrected chi connectivity index (χ0v) is 18.0. The first kappa shape index (κ1) is 22.1. The maximum absolute atomic E-state index is 5.74. The number of nitrogens with zero attached hydrogens (tertiary/aromatic N) is 1. The van der Waals surface area contributed by atoms with Gasteiger partial charge in [-0.25, -0.2) is 0 Å². The van der Waals surface area contributed by atoms with Crippen molar-refractivity contribution >= 4 is 5.96 Å². The molecule has 6 nitrogen and oxygen atoms in total. The van der Waals surface area contributed by atoms with Gasteiger partial charge < -0.3 is 24.8 Å². The molecule has 0 spiro atoms. The summed E-state index contributed by atoms with van der Waals surface area (Å²) in [6.07, 6.45) is 5.59. The number of guanidine groups is 1. The van der Waals surface area contributed by atoms with Gasteiger partial charge >= 0.3 is 0 Å². The highest BCUT2D eigenvalue weighted by atomic mass is 16.5. The monoisotopic (exact) mass is 403 g/mol. The van der Waals surface area contributed by atoms with E-state index < -0.39 is 0 Å². The molecule has 3 rings (SSSR count). The molecule has 1 aromatic rings. The molecular formula is C23H37N3O3. The predicted octanol–water partition coefficient (Wildman–Crippen LogP) is 2.79. The maximum Gasteiger partial charge on any atom is 0.191 e. The first-order chi connectivity index (χ1) is 14.2. The highest BCUT2D eigenvalue weighted by molar-refractivity contribution is 5.79. The quantitative estimate of drug-likeness (QED) is 0.377. The van der Waals surface area contributed by atoms with Crippen molar-refractivity contribution in [3.05, 3.63) is 35.4 Å². The van der Waals surface area contributed by atoms with E-state index in [2.05, 4.69) is 46.8 Å². The van der Waals surface area contributed by atoms with E-state index in [1.54, 1.807) is 0 Å². The third-order valence-electron chi connectivity index (χ3n) is 6.07. The summed E-state index contributed by atoms with van der Waals surface area (Å²) >= 11 is 0. The smallest absolute Gasteiger partial charge is 0.191 e. The zero-order chi connectivity index (χ0) is 20.4. The van der Waals surface area contributed by atoms with E-state index in [0.717, 1.165) is 77.6 Å². The predicted molar refractivity (Wildman–Crippen MR) is 117 cm³/mol. The fourth-order valence-corrected chi connectivity index (χ4v) is 4.32. The molecular weight excluding hydrogens is 366 g/mol. The lowest BCUT2D eigenvalue weighted by Crippen LogP contribution is -2.48. The highest BCUT2D eigenvalue weighted by Gasteiger charge is 2.35. The standard InChI is InChI=1S/C23H37N3O3/c1-19-7-3-4-9-21(19)23(10-15-27-16-11-23)18-26-22(24-2)25-12-6-13-28-17-20-8-5-14-29-20/h3-4,7,9,20H,5-6,8,10-18H2,1-2H3,(H2,24,25,26). The molecule has 162 valence electrons. The highest BCUT2D eigenvalue weighted by Crippen LogP contribution is 2.36. The summed E-state index contributed by atoms with van der Waals surface area (Å²) in [5.41, 5.74) is 2.86. The van der Waals surface area contributed by atoms with Crippen molar-refractivity contribution < 1.29 is 14.2 Å². The summed E-state index contributed by atoms with van der Waals surface area (Å²) in [6, 6.07) is 8.73. The Kier molecular flexibility index (Phi) is 8.77. The molecule has 2 saturated heterocycles. The molecule has 29 heavy (non-hydrogen) atoms. The van der Waals surface area contributed by atoms with E-state index in [1.165, 1.54) is 11.1 Å². The molecule has 1 unspecified atom stereocenters. The minimum Gasteiger partial charge on any atom is -0.381 e. The molecule has 0 saturated carbocycles. The van der Waals surface area contributed by atoms with Crippen LogP contribution in [-0.2, 0) is 19.6 Å². The molecule has 6 heteroatoms. The van der Waals surface area contributed by atoms with Crippen LogP contribution in [0.25, 0.3) is 0 Å². The van der Waals surface area contributed by atoms with E-state index in [0.29, 0.717) is 12.7 Å². The average Bonchev–Trinajstić information content (AvgIpc) is 3.27. The molecule has 2 fully saturated rings. The number of ether oxygens (including phenoxy) is 3. The number of aryl methyl sites for hydroxylation is 1. The van der Waals surface area contributed by atoms with Gasteiger partial charge in [0.2, 0.25) is 0 Å². The van der Waals surface area contributed by atoms with Gasteiger partial charge in [-0.1, -0.05) is 24.3 Å². The summed E-state index contributed by atoms with van der Waals surface area (Å²) in [4.78, 5) is 4.40. The molecule has 0 aromatic heterocycles. The van der Waals surface area contributed by atoms with Crippen LogP contribution in [-0.4, -0.2) is 65.2 Å². The van der Waals surface area contributed by atoms with Crippen molar-refractivity contribution in [1.82, 2.24) is 10.6 Å². The molecule has 1 atom stereocenters. The van der Waals surface area contributed by atoms with Crippen LogP contribution in [0.15, 0.2) is 29.3 Å². The Balaban J connectivity index is 1.43. The van der Waals surface area contributed by atoms with Gasteiger partial charge in [0.15, 0.2) is 5.96 Å². The van der Waals surface area contributed by atoms with Gasteiger partial charge in [-0.15, -0.1) is 0 Å². The molecule has 0 radical (unpaired) electrons. The average molecular weight is 404 g/mol. The second-order valence-corrected chi connectivity index (χ2v) is 8.12. The van der Waals surface area contributed by atoms with Crippen LogP contribution in [0, 0.1) is 6.92 Å². The van der Waals surface area contributed by atoms with E-state index in [4.69, 9.17) is 14.2 Å². The van der Waals surface area contributed by atoms with Gasteiger partial charge in [-0.2, -0.15) is 0 Å². The van der Waals surface area contributed by atoms with E-state index in [1.807, 2.05) is 7.05 Å². The Morgan fingerprint density at radius 3 is 2.76 bits per heavy atom. The molecule has 0 aliphatic carbocycles. The Morgan fingerprint density at radius 2 is 2.03 bits per heavy atom. The van der Waals surface area contributed by atoms with Gasteiger partial charge in [0.05, 0.1) is 12.7 Å². The lowest BCUT2D eigenvalue weighted by atomic mass is 9.72. The van der Waals surface area contributed by atoms with Gasteiger partial charge in [0.25, 0.3) is 0 Å². The minimum atomic E-state index is 0.0889. The minimum absolute atomic E-state index is 0.0889. The number of nitrogens with one attached hydrogen (secondary N) is 2. The molecule has 0 amide bonds. The van der Waals surface area contributed by atoms with Gasteiger partial charge in [-0.3, -0.25) is 4.99 Å². The number of rotatable bonds is 9. The van der Waals surface area contributed by atoms with Crippen molar-refractivity contribution in [3.8, 4) is 0 Å². The summed E-state index contributed by atoms with van der Waals surface area (Å²) in [5.74, 6) is 0.851. The normalized spacial score (nSPS) is 21.9. The molecule has 2 aliphatic heterocycles. The van der Waals surface area contributed by atoms with Crippen LogP contribution in [0.2, 0.25) is 0 Å². The van der Waals surface area contributed by atoms with E-state index in [-0.39, 0.29) is 5.41 Å². The fraction of sp³-hybridized carbons (Fsp3) is 0.696. The molecule has 1 aromatic carbocycles. The Morgan fingerprint density at radius 1 is 1.21 bits per heavy atom. The Hall–Kier alpha value is -1.63. The van der Waals surface area contributed by atoms with Crippen molar-refractivity contribution in [2.45, 2.75) is 50.5 Å². The first-order valence-corrected chi connectivity index (χ1v) is 11.0. The third kappa shape index (κ3) is 6.43. The third-order valence-corrected chi connectivity index (χ3v) is 6.07. The van der Waals surface area contributed by atoms with Gasteiger partial charge in [0, 0.05) is 52.0 Å². The fourth-order valence-electron chi connectivity index (χ4n) is 4.32. The van der Waals surface area contributed by atoms with E-state index >= 15 is 0 Å². The van der Waals surface area contributed by atoms with Crippen molar-refractivity contribution in [2.24, 2.45) is 4.99 Å². The molecule has 2 heterocycles. The molecule has 0 bridgehead atoms. The zero-order valence-electron chi connectivity index (χ0n) is 18.0. The van der Waals surface area contributed by atoms with Gasteiger partial charge in [0.1, 0.15) is 0 Å². The summed E-state index contributed by atoms with van der Waals surface area (Å²) in [6.45, 7) is 7.86. The summed E-state index contributed by atoms with van der Waals surface area (Å²) in [7, 11) is 1.83. The Bertz CT molecular complexity index is 638. The van der Waals surface area contributed by atoms with E-state index in [9.17, 15) is 0 Å². The maximum atomic E-state index is 5.74. The second kappa shape index (κ2) is 11.5. The van der Waals surface area contributed by atoms with Gasteiger partial charge in [-0.05, 0) is 50.2 Å². The van der Waals surface area contributed by atoms with Crippen molar-refractivity contribution in [3.63, 3.8) is 0 Å². The number of aliphatic imine (C=N–C) groups is 1. The van der Waals surface area contributed by atoms with Crippen LogP contribution >= 0.6 is 0 Å². The van der Waals surface area contributed by atoms with Crippen LogP contribution in [0.1, 0.15) is 43.2 Å². The lowest BCUT2D eigenvalue weighted by Gasteiger charge is -2.39. The first-order valence-electron chi connectivity index (χ1n) is 11.0. The SMILES string of the molecule is CN=C(NCCCOCC1CCCO1)NCC1(c2ccccc2C)CCOCC1. The van der Waals surface area contributed by atoms with Crippen LogP contribution in [0.5, 0.6) is 0 Å². The number of hydrogen-bond acceptors (Lipinski definition) is 4. The van der Waals surface area contributed by atoms with Crippen LogP contribution < -0.4 is 10.6 Å². The molecule has 2 aliphatic rings. The largest absolute Gasteiger partial charge is 0.381 e. The summed E-state index contributed by atoms with van der Waals surface area (Å²) < 4.78 is 17.0. The van der Waals surface area contributed by atoms with Crippen molar-refractivity contribution in [2.75, 3.05) is 53.2 Å². The second-order valence-electron chi connectivity index (χ2n) is 8.12. The Labute approximate surface area is 175 Å². The number of hydrogen-bond donors (Lipinski definition) is 2.